The van der Waals surface area contributed by atoms with Gasteiger partial charge in [0.25, 0.3) is 5.91 Å². The van der Waals surface area contributed by atoms with E-state index >= 15 is 0 Å². The van der Waals surface area contributed by atoms with E-state index in [1.54, 1.807) is 25.3 Å². The van der Waals surface area contributed by atoms with E-state index in [9.17, 15) is 4.79 Å². The molecule has 1 amide bonds. The highest BCUT2D eigenvalue weighted by Gasteiger charge is 2.35. The maximum Gasteiger partial charge on any atom is 0.260 e. The molecule has 0 heterocycles. The summed E-state index contributed by atoms with van der Waals surface area (Å²) in [6.45, 7) is 0. The van der Waals surface area contributed by atoms with Crippen LogP contribution in [0.3, 0.4) is 0 Å². The summed E-state index contributed by atoms with van der Waals surface area (Å²) in [5.74, 6) is -0.123. The molecule has 1 aliphatic carbocycles. The Kier molecular flexibility index (Phi) is 6.00. The van der Waals surface area contributed by atoms with E-state index in [0.29, 0.717) is 15.6 Å². The minimum absolute atomic E-state index is 0.0135. The fraction of sp³-hybridized carbons (Fsp3) is 0.350. The van der Waals surface area contributed by atoms with E-state index < -0.39 is 0 Å². The standard InChI is InChI=1S/C20H21Cl2NO2/c1-25-19-10-6-5-9-18(19)23(15-7-3-2-4-8-15)20(24)16-12-11-14(21)13-17(16)22/h2-4,7-8,11-13,18-19H,5-6,9-10H2,1H3. The number of ether oxygens (including phenoxy) is 1. The topological polar surface area (TPSA) is 29.5 Å². The molecule has 2 unspecified atom stereocenters. The molecule has 3 rings (SSSR count). The van der Waals surface area contributed by atoms with E-state index in [1.165, 1.54) is 0 Å². The summed E-state index contributed by atoms with van der Waals surface area (Å²) in [6.07, 6.45) is 4.07. The van der Waals surface area contributed by atoms with Gasteiger partial charge in [0.05, 0.1) is 22.7 Å². The molecule has 0 N–H and O–H groups in total. The maximum atomic E-state index is 13.4. The van der Waals surface area contributed by atoms with Gasteiger partial charge < -0.3 is 9.64 Å². The molecular formula is C20H21Cl2NO2. The number of anilines is 1. The highest BCUT2D eigenvalue weighted by Crippen LogP contribution is 2.32. The van der Waals surface area contributed by atoms with Crippen LogP contribution in [0.25, 0.3) is 0 Å². The zero-order valence-corrected chi connectivity index (χ0v) is 15.6. The molecule has 0 spiro atoms. The Labute approximate surface area is 158 Å². The number of carbonyl (C=O) groups excluding carboxylic acids is 1. The average Bonchev–Trinajstić information content (AvgIpc) is 2.63. The molecule has 5 heteroatoms. The molecule has 2 aromatic carbocycles. The van der Waals surface area contributed by atoms with Crippen LogP contribution >= 0.6 is 23.2 Å². The van der Waals surface area contributed by atoms with Gasteiger partial charge in [-0.25, -0.2) is 0 Å². The van der Waals surface area contributed by atoms with E-state index in [4.69, 9.17) is 27.9 Å². The van der Waals surface area contributed by atoms with Gasteiger partial charge >= 0.3 is 0 Å². The van der Waals surface area contributed by atoms with Crippen molar-refractivity contribution in [1.82, 2.24) is 0 Å². The van der Waals surface area contributed by atoms with Crippen molar-refractivity contribution >= 4 is 34.8 Å². The minimum Gasteiger partial charge on any atom is -0.379 e. The van der Waals surface area contributed by atoms with Crippen LogP contribution in [0.1, 0.15) is 36.0 Å². The summed E-state index contributed by atoms with van der Waals surface area (Å²) in [7, 11) is 1.71. The van der Waals surface area contributed by atoms with E-state index in [0.717, 1.165) is 31.4 Å². The fourth-order valence-electron chi connectivity index (χ4n) is 3.49. The van der Waals surface area contributed by atoms with Crippen LogP contribution in [0.15, 0.2) is 48.5 Å². The molecule has 1 saturated carbocycles. The maximum absolute atomic E-state index is 13.4. The Bertz CT molecular complexity index is 736. The van der Waals surface area contributed by atoms with Gasteiger partial charge in [0.2, 0.25) is 0 Å². The van der Waals surface area contributed by atoms with Gasteiger partial charge in [-0.1, -0.05) is 54.2 Å². The molecule has 132 valence electrons. The molecule has 2 aromatic rings. The number of rotatable bonds is 4. The summed E-state index contributed by atoms with van der Waals surface area (Å²) in [5, 5.41) is 0.878. The molecule has 3 nitrogen and oxygen atoms in total. The fourth-order valence-corrected chi connectivity index (χ4v) is 3.98. The number of benzene rings is 2. The molecule has 0 radical (unpaired) electrons. The van der Waals surface area contributed by atoms with Crippen LogP contribution in [-0.2, 0) is 4.74 Å². The second-order valence-electron chi connectivity index (χ2n) is 6.26. The van der Waals surface area contributed by atoms with Gasteiger partial charge in [-0.05, 0) is 43.2 Å². The zero-order valence-electron chi connectivity index (χ0n) is 14.1. The van der Waals surface area contributed by atoms with Gasteiger partial charge in [0.1, 0.15) is 0 Å². The Hall–Kier alpha value is -1.55. The number of amides is 1. The quantitative estimate of drug-likeness (QED) is 0.693. The molecule has 2 atom stereocenters. The first-order chi connectivity index (χ1) is 12.1. The molecule has 0 aromatic heterocycles. The van der Waals surface area contributed by atoms with Gasteiger partial charge in [-0.2, -0.15) is 0 Å². The molecule has 0 saturated heterocycles. The second kappa shape index (κ2) is 8.22. The molecule has 1 fully saturated rings. The van der Waals surface area contributed by atoms with Gasteiger partial charge in [0, 0.05) is 17.8 Å². The Morgan fingerprint density at radius 1 is 1.08 bits per heavy atom. The van der Waals surface area contributed by atoms with Crippen LogP contribution in [0.2, 0.25) is 10.0 Å². The van der Waals surface area contributed by atoms with Crippen molar-refractivity contribution in [3.05, 3.63) is 64.1 Å². The molecular weight excluding hydrogens is 357 g/mol. The van der Waals surface area contributed by atoms with Crippen LogP contribution in [0.4, 0.5) is 5.69 Å². The number of carbonyl (C=O) groups is 1. The van der Waals surface area contributed by atoms with E-state index in [2.05, 4.69) is 0 Å². The van der Waals surface area contributed by atoms with Crippen molar-refractivity contribution in [3.8, 4) is 0 Å². The van der Waals surface area contributed by atoms with Crippen molar-refractivity contribution in [2.75, 3.05) is 12.0 Å². The lowest BCUT2D eigenvalue weighted by Crippen LogP contribution is -2.49. The third-order valence-electron chi connectivity index (χ3n) is 4.72. The summed E-state index contributed by atoms with van der Waals surface area (Å²) < 4.78 is 5.69. The number of hydrogen-bond donors (Lipinski definition) is 0. The lowest BCUT2D eigenvalue weighted by atomic mass is 9.90. The highest BCUT2D eigenvalue weighted by molar-refractivity contribution is 6.37. The first-order valence-corrected chi connectivity index (χ1v) is 9.24. The number of nitrogens with zero attached hydrogens (tertiary/aromatic N) is 1. The summed E-state index contributed by atoms with van der Waals surface area (Å²) in [4.78, 5) is 15.2. The predicted molar refractivity (Wildman–Crippen MR) is 103 cm³/mol. The van der Waals surface area contributed by atoms with Crippen LogP contribution in [0, 0.1) is 0 Å². The summed E-state index contributed by atoms with van der Waals surface area (Å²) in [5.41, 5.74) is 1.31. The SMILES string of the molecule is COC1CCCCC1N(C(=O)c1ccc(Cl)cc1Cl)c1ccccc1. The normalized spacial score (nSPS) is 20.3. The number of hydrogen-bond acceptors (Lipinski definition) is 2. The van der Waals surface area contributed by atoms with E-state index in [1.807, 2.05) is 35.2 Å². The van der Waals surface area contributed by atoms with Crippen molar-refractivity contribution in [1.29, 1.82) is 0 Å². The zero-order chi connectivity index (χ0) is 17.8. The second-order valence-corrected chi connectivity index (χ2v) is 7.10. The smallest absolute Gasteiger partial charge is 0.260 e. The third kappa shape index (κ3) is 4.00. The van der Waals surface area contributed by atoms with Crippen LogP contribution in [-0.4, -0.2) is 25.2 Å². The molecule has 0 aliphatic heterocycles. The van der Waals surface area contributed by atoms with Crippen molar-refractivity contribution < 1.29 is 9.53 Å². The monoisotopic (exact) mass is 377 g/mol. The first-order valence-electron chi connectivity index (χ1n) is 8.48. The highest BCUT2D eigenvalue weighted by atomic mass is 35.5. The Balaban J connectivity index is 2.03. The van der Waals surface area contributed by atoms with Gasteiger partial charge in [0.15, 0.2) is 0 Å². The van der Waals surface area contributed by atoms with Crippen LogP contribution < -0.4 is 4.90 Å². The molecule has 25 heavy (non-hydrogen) atoms. The Morgan fingerprint density at radius 3 is 2.48 bits per heavy atom. The lowest BCUT2D eigenvalue weighted by molar-refractivity contribution is 0.0486. The minimum atomic E-state index is -0.123. The summed E-state index contributed by atoms with van der Waals surface area (Å²) in [6, 6.07) is 14.7. The number of para-hydroxylation sites is 1. The molecule has 1 aliphatic rings. The summed E-state index contributed by atoms with van der Waals surface area (Å²) >= 11 is 12.3. The largest absolute Gasteiger partial charge is 0.379 e. The average molecular weight is 378 g/mol. The van der Waals surface area contributed by atoms with Crippen LogP contribution in [0.5, 0.6) is 0 Å². The lowest BCUT2D eigenvalue weighted by Gasteiger charge is -2.39. The number of methoxy groups -OCH3 is 1. The van der Waals surface area contributed by atoms with Gasteiger partial charge in [-0.3, -0.25) is 4.79 Å². The van der Waals surface area contributed by atoms with Crippen molar-refractivity contribution in [3.63, 3.8) is 0 Å². The Morgan fingerprint density at radius 2 is 1.80 bits per heavy atom. The van der Waals surface area contributed by atoms with Crippen molar-refractivity contribution in [2.24, 2.45) is 0 Å². The van der Waals surface area contributed by atoms with Gasteiger partial charge in [-0.15, -0.1) is 0 Å². The van der Waals surface area contributed by atoms with E-state index in [-0.39, 0.29) is 18.1 Å². The predicted octanol–water partition coefficient (Wildman–Crippen LogP) is 5.60. The molecule has 0 bridgehead atoms. The number of halogens is 2. The van der Waals surface area contributed by atoms with Crippen molar-refractivity contribution in [2.45, 2.75) is 37.8 Å². The third-order valence-corrected chi connectivity index (χ3v) is 5.26. The first kappa shape index (κ1) is 18.2.